The number of benzene rings is 1. The highest BCUT2D eigenvalue weighted by molar-refractivity contribution is 8.00. The van der Waals surface area contributed by atoms with Gasteiger partial charge >= 0.3 is 0 Å². The Hall–Kier alpha value is -2.34. The minimum absolute atomic E-state index is 0.111. The molecule has 0 aliphatic rings. The first kappa shape index (κ1) is 19.4. The summed E-state index contributed by atoms with van der Waals surface area (Å²) in [5.74, 6) is 2.07. The van der Waals surface area contributed by atoms with Crippen LogP contribution in [0.25, 0.3) is 0 Å². The van der Waals surface area contributed by atoms with Crippen LogP contribution in [0.5, 0.6) is 0 Å². The van der Waals surface area contributed by atoms with E-state index in [0.717, 1.165) is 33.4 Å². The fraction of sp³-hybridized carbons (Fsp3) is 0.381. The van der Waals surface area contributed by atoms with E-state index in [1.54, 1.807) is 6.26 Å². The Morgan fingerprint density at radius 3 is 2.63 bits per heavy atom. The molecule has 3 aromatic rings. The number of hydrogen-bond donors (Lipinski definition) is 0. The average Bonchev–Trinajstić information content (AvgIpc) is 3.27. The molecule has 0 N–H and O–H groups in total. The highest BCUT2D eigenvalue weighted by Gasteiger charge is 2.23. The quantitative estimate of drug-likeness (QED) is 0.423. The maximum atomic E-state index is 13.0. The second kappa shape index (κ2) is 8.13. The van der Waals surface area contributed by atoms with Gasteiger partial charge in [0, 0.05) is 11.5 Å². The van der Waals surface area contributed by atoms with Gasteiger partial charge in [-0.05, 0) is 44.5 Å². The molecule has 0 bridgehead atoms. The van der Waals surface area contributed by atoms with E-state index in [1.165, 1.54) is 11.8 Å². The van der Waals surface area contributed by atoms with E-state index in [-0.39, 0.29) is 17.0 Å². The highest BCUT2D eigenvalue weighted by atomic mass is 32.2. The lowest BCUT2D eigenvalue weighted by Gasteiger charge is -2.14. The summed E-state index contributed by atoms with van der Waals surface area (Å²) >= 11 is 1.45. The topological polar surface area (TPSA) is 60.9 Å². The molecule has 1 atom stereocenters. The lowest BCUT2D eigenvalue weighted by molar-refractivity contribution is 0.0993. The van der Waals surface area contributed by atoms with Crippen LogP contribution in [0.3, 0.4) is 0 Å². The normalized spacial score (nSPS) is 12.5. The van der Waals surface area contributed by atoms with Crippen molar-refractivity contribution in [2.45, 2.75) is 57.5 Å². The fourth-order valence-corrected chi connectivity index (χ4v) is 3.88. The summed E-state index contributed by atoms with van der Waals surface area (Å²) in [4.78, 5) is 13.0. The van der Waals surface area contributed by atoms with Crippen molar-refractivity contribution in [3.05, 3.63) is 64.9 Å². The van der Waals surface area contributed by atoms with E-state index < -0.39 is 0 Å². The first-order chi connectivity index (χ1) is 12.9. The van der Waals surface area contributed by atoms with Gasteiger partial charge in [0.05, 0.1) is 18.1 Å². The predicted molar refractivity (Wildman–Crippen MR) is 107 cm³/mol. The number of furan rings is 1. The van der Waals surface area contributed by atoms with Crippen molar-refractivity contribution >= 4 is 17.5 Å². The van der Waals surface area contributed by atoms with E-state index in [4.69, 9.17) is 4.42 Å². The standard InChI is InChI=1S/C21H25N3O2S/c1-13(2)20-22-23-21(24(20)12-17-7-6-10-26-17)27-16(5)19(25)18-11-14(3)8-9-15(18)4/h6-11,13,16H,12H2,1-5H3. The molecule has 1 unspecified atom stereocenters. The molecule has 0 radical (unpaired) electrons. The van der Waals surface area contributed by atoms with Gasteiger partial charge in [0.2, 0.25) is 0 Å². The number of nitrogens with zero attached hydrogens (tertiary/aromatic N) is 3. The minimum Gasteiger partial charge on any atom is -0.467 e. The average molecular weight is 384 g/mol. The van der Waals surface area contributed by atoms with Gasteiger partial charge in [0.25, 0.3) is 0 Å². The van der Waals surface area contributed by atoms with Crippen LogP contribution in [0.4, 0.5) is 0 Å². The van der Waals surface area contributed by atoms with E-state index >= 15 is 0 Å². The molecule has 0 fully saturated rings. The van der Waals surface area contributed by atoms with Gasteiger partial charge < -0.3 is 4.42 Å². The van der Waals surface area contributed by atoms with Crippen molar-refractivity contribution in [1.82, 2.24) is 14.8 Å². The summed E-state index contributed by atoms with van der Waals surface area (Å²) < 4.78 is 7.54. The summed E-state index contributed by atoms with van der Waals surface area (Å²) in [5, 5.41) is 9.19. The van der Waals surface area contributed by atoms with Crippen LogP contribution in [0.15, 0.2) is 46.2 Å². The first-order valence-corrected chi connectivity index (χ1v) is 9.98. The number of ketones is 1. The SMILES string of the molecule is Cc1ccc(C)c(C(=O)C(C)Sc2nnc(C(C)C)n2Cc2ccco2)c1. The zero-order chi connectivity index (χ0) is 19.6. The van der Waals surface area contributed by atoms with Crippen LogP contribution in [-0.4, -0.2) is 25.8 Å². The van der Waals surface area contributed by atoms with Crippen LogP contribution in [0, 0.1) is 13.8 Å². The maximum Gasteiger partial charge on any atom is 0.192 e. The molecule has 2 heterocycles. The van der Waals surface area contributed by atoms with E-state index in [0.29, 0.717) is 6.54 Å². The van der Waals surface area contributed by atoms with E-state index in [9.17, 15) is 4.79 Å². The monoisotopic (exact) mass is 383 g/mol. The molecule has 0 spiro atoms. The third-order valence-electron chi connectivity index (χ3n) is 4.47. The van der Waals surface area contributed by atoms with Crippen LogP contribution >= 0.6 is 11.8 Å². The summed E-state index contributed by atoms with van der Waals surface area (Å²) in [6, 6.07) is 9.79. The number of aryl methyl sites for hydroxylation is 2. The molecule has 1 aromatic carbocycles. The lowest BCUT2D eigenvalue weighted by atomic mass is 10.0. The van der Waals surface area contributed by atoms with Gasteiger partial charge in [-0.25, -0.2) is 0 Å². The Morgan fingerprint density at radius 1 is 1.19 bits per heavy atom. The van der Waals surface area contributed by atoms with Crippen molar-refractivity contribution in [3.8, 4) is 0 Å². The molecule has 2 aromatic heterocycles. The first-order valence-electron chi connectivity index (χ1n) is 9.10. The Bertz CT molecular complexity index is 929. The summed E-state index contributed by atoms with van der Waals surface area (Å²) in [7, 11) is 0. The Labute approximate surface area is 164 Å². The number of hydrogen-bond acceptors (Lipinski definition) is 5. The molecule has 0 aliphatic carbocycles. The number of rotatable bonds is 7. The zero-order valence-electron chi connectivity index (χ0n) is 16.4. The predicted octanol–water partition coefficient (Wildman–Crippen LogP) is 5.02. The van der Waals surface area contributed by atoms with Gasteiger partial charge in [-0.15, -0.1) is 10.2 Å². The minimum atomic E-state index is -0.259. The summed E-state index contributed by atoms with van der Waals surface area (Å²) in [6.45, 7) is 10.6. The second-order valence-electron chi connectivity index (χ2n) is 7.10. The molecule has 27 heavy (non-hydrogen) atoms. The van der Waals surface area contributed by atoms with E-state index in [2.05, 4.69) is 24.0 Å². The fourth-order valence-electron chi connectivity index (χ4n) is 2.95. The number of carbonyl (C=O) groups is 1. The Balaban J connectivity index is 1.86. The molecule has 0 aliphatic heterocycles. The van der Waals surface area contributed by atoms with E-state index in [1.807, 2.05) is 55.7 Å². The van der Waals surface area contributed by atoms with Crippen molar-refractivity contribution < 1.29 is 9.21 Å². The van der Waals surface area contributed by atoms with Crippen LogP contribution < -0.4 is 0 Å². The van der Waals surface area contributed by atoms with Crippen molar-refractivity contribution in [3.63, 3.8) is 0 Å². The Kier molecular flexibility index (Phi) is 5.85. The molecular weight excluding hydrogens is 358 g/mol. The molecule has 3 rings (SSSR count). The maximum absolute atomic E-state index is 13.0. The van der Waals surface area contributed by atoms with Crippen molar-refractivity contribution in [2.24, 2.45) is 0 Å². The number of carbonyl (C=O) groups excluding carboxylic acids is 1. The number of thioether (sulfide) groups is 1. The second-order valence-corrected chi connectivity index (χ2v) is 8.41. The highest BCUT2D eigenvalue weighted by Crippen LogP contribution is 2.28. The van der Waals surface area contributed by atoms with Gasteiger partial charge in [0.15, 0.2) is 10.9 Å². The zero-order valence-corrected chi connectivity index (χ0v) is 17.2. The van der Waals surface area contributed by atoms with Crippen molar-refractivity contribution in [1.29, 1.82) is 0 Å². The summed E-state index contributed by atoms with van der Waals surface area (Å²) in [5.41, 5.74) is 2.86. The largest absolute Gasteiger partial charge is 0.467 e. The molecule has 142 valence electrons. The van der Waals surface area contributed by atoms with Gasteiger partial charge in [-0.2, -0.15) is 0 Å². The number of aromatic nitrogens is 3. The van der Waals surface area contributed by atoms with Crippen LogP contribution in [-0.2, 0) is 6.54 Å². The molecule has 6 heteroatoms. The van der Waals surface area contributed by atoms with Crippen LogP contribution in [0.1, 0.15) is 59.8 Å². The van der Waals surface area contributed by atoms with Gasteiger partial charge in [-0.3, -0.25) is 9.36 Å². The molecule has 5 nitrogen and oxygen atoms in total. The third kappa shape index (κ3) is 4.33. The molecule has 0 saturated heterocycles. The van der Waals surface area contributed by atoms with Crippen molar-refractivity contribution in [2.75, 3.05) is 0 Å². The molecule has 0 saturated carbocycles. The lowest BCUT2D eigenvalue weighted by Crippen LogP contribution is -2.16. The molecule has 0 amide bonds. The van der Waals surface area contributed by atoms with Gasteiger partial charge in [-0.1, -0.05) is 43.3 Å². The van der Waals surface area contributed by atoms with Crippen LogP contribution in [0.2, 0.25) is 0 Å². The molecular formula is C21H25N3O2S. The smallest absolute Gasteiger partial charge is 0.192 e. The Morgan fingerprint density at radius 2 is 1.96 bits per heavy atom. The number of Topliss-reactive ketones (excluding diaryl/α,β-unsaturated/α-hetero) is 1. The van der Waals surface area contributed by atoms with Gasteiger partial charge in [0.1, 0.15) is 11.6 Å². The summed E-state index contributed by atoms with van der Waals surface area (Å²) in [6.07, 6.45) is 1.66. The third-order valence-corrected chi connectivity index (χ3v) is 5.55.